The number of nitrogens with one attached hydrogen (secondary N) is 1. The maximum absolute atomic E-state index is 13.5. The van der Waals surface area contributed by atoms with Gasteiger partial charge in [-0.15, -0.1) is 0 Å². The van der Waals surface area contributed by atoms with Crippen LogP contribution in [0, 0.1) is 11.7 Å². The summed E-state index contributed by atoms with van der Waals surface area (Å²) in [6.07, 6.45) is 1.53. The number of ether oxygens (including phenoxy) is 1. The molecule has 2 atom stereocenters. The molecule has 0 aromatic heterocycles. The fourth-order valence-corrected chi connectivity index (χ4v) is 5.36. The number of rotatable bonds is 7. The van der Waals surface area contributed by atoms with E-state index >= 15 is 0 Å². The second-order valence-corrected chi connectivity index (χ2v) is 9.45. The minimum absolute atomic E-state index is 0.0699. The number of piperazine rings is 1. The molecule has 0 aliphatic carbocycles. The molecule has 0 spiro atoms. The monoisotopic (exact) mass is 473 g/mol. The summed E-state index contributed by atoms with van der Waals surface area (Å²) in [6.45, 7) is 3.87. The van der Waals surface area contributed by atoms with Gasteiger partial charge < -0.3 is 15.0 Å². The molecule has 35 heavy (non-hydrogen) atoms. The van der Waals surface area contributed by atoms with Gasteiger partial charge in [0.15, 0.2) is 0 Å². The van der Waals surface area contributed by atoms with Gasteiger partial charge in [-0.25, -0.2) is 4.39 Å². The zero-order chi connectivity index (χ0) is 24.2. The van der Waals surface area contributed by atoms with Crippen LogP contribution in [0.1, 0.15) is 16.7 Å². The topological polar surface area (TPSA) is 44.8 Å². The molecule has 3 aromatic rings. The number of methoxy groups -OCH3 is 1. The van der Waals surface area contributed by atoms with Crippen LogP contribution in [0.25, 0.3) is 0 Å². The number of benzene rings is 3. The fourth-order valence-electron chi connectivity index (χ4n) is 5.36. The first-order valence-corrected chi connectivity index (χ1v) is 12.3. The van der Waals surface area contributed by atoms with Gasteiger partial charge in [-0.3, -0.25) is 9.69 Å². The molecule has 1 fully saturated rings. The quantitative estimate of drug-likeness (QED) is 0.562. The van der Waals surface area contributed by atoms with Crippen LogP contribution in [-0.4, -0.2) is 50.1 Å². The zero-order valence-corrected chi connectivity index (χ0v) is 20.1. The van der Waals surface area contributed by atoms with Gasteiger partial charge in [0.1, 0.15) is 11.6 Å². The van der Waals surface area contributed by atoms with Gasteiger partial charge in [0.05, 0.1) is 19.1 Å². The SMILES string of the molecule is COc1ccc2c(c1)N1CCN(Cc3ccc(F)cc3)C[C@H]1[C@@H](C(=O)NCCc1ccccc1)C2. The third-order valence-corrected chi connectivity index (χ3v) is 7.22. The third kappa shape index (κ3) is 5.33. The van der Waals surface area contributed by atoms with E-state index < -0.39 is 0 Å². The van der Waals surface area contributed by atoms with Crippen molar-refractivity contribution in [1.29, 1.82) is 0 Å². The van der Waals surface area contributed by atoms with E-state index in [0.717, 1.165) is 43.9 Å². The smallest absolute Gasteiger partial charge is 0.225 e. The number of carbonyl (C=O) groups is 1. The molecule has 0 unspecified atom stereocenters. The summed E-state index contributed by atoms with van der Waals surface area (Å²) in [5.41, 5.74) is 4.67. The average Bonchev–Trinajstić information content (AvgIpc) is 2.89. The molecular weight excluding hydrogens is 441 g/mol. The Morgan fingerprint density at radius 3 is 2.60 bits per heavy atom. The standard InChI is InChI=1S/C29H32FN3O2/c1-35-25-12-9-23-17-26(29(34)31-14-13-21-5-3-2-4-6-21)28-20-32(15-16-33(28)27(23)18-25)19-22-7-10-24(30)11-8-22/h2-12,18,26,28H,13-17,19-20H2,1H3,(H,31,34)/t26-,28-/m0/s1. The second-order valence-electron chi connectivity index (χ2n) is 9.45. The van der Waals surface area contributed by atoms with Gasteiger partial charge in [0.2, 0.25) is 5.91 Å². The number of nitrogens with zero attached hydrogens (tertiary/aromatic N) is 2. The van der Waals surface area contributed by atoms with E-state index in [1.807, 2.05) is 36.4 Å². The fraction of sp³-hybridized carbons (Fsp3) is 0.345. The van der Waals surface area contributed by atoms with Gasteiger partial charge in [0, 0.05) is 44.5 Å². The summed E-state index contributed by atoms with van der Waals surface area (Å²) in [5, 5.41) is 3.21. The van der Waals surface area contributed by atoms with Gasteiger partial charge in [-0.05, 0) is 47.7 Å². The molecule has 0 bridgehead atoms. The maximum Gasteiger partial charge on any atom is 0.225 e. The molecule has 3 aromatic carbocycles. The number of carbonyl (C=O) groups excluding carboxylic acids is 1. The number of hydrogen-bond acceptors (Lipinski definition) is 4. The number of halogens is 1. The van der Waals surface area contributed by atoms with Crippen LogP contribution in [0.4, 0.5) is 10.1 Å². The Morgan fingerprint density at radius 1 is 1.03 bits per heavy atom. The molecule has 182 valence electrons. The minimum Gasteiger partial charge on any atom is -0.497 e. The van der Waals surface area contributed by atoms with Crippen molar-refractivity contribution in [3.8, 4) is 5.75 Å². The third-order valence-electron chi connectivity index (χ3n) is 7.22. The van der Waals surface area contributed by atoms with E-state index in [2.05, 4.69) is 39.4 Å². The van der Waals surface area contributed by atoms with Crippen LogP contribution < -0.4 is 15.0 Å². The Kier molecular flexibility index (Phi) is 7.00. The van der Waals surface area contributed by atoms with Gasteiger partial charge >= 0.3 is 0 Å². The average molecular weight is 474 g/mol. The molecule has 1 saturated heterocycles. The maximum atomic E-state index is 13.5. The van der Waals surface area contributed by atoms with Gasteiger partial charge in [-0.2, -0.15) is 0 Å². The van der Waals surface area contributed by atoms with Crippen LogP contribution >= 0.6 is 0 Å². The van der Waals surface area contributed by atoms with Crippen LogP contribution in [0.5, 0.6) is 5.75 Å². The van der Waals surface area contributed by atoms with Crippen molar-refractivity contribution in [2.24, 2.45) is 5.92 Å². The Bertz CT molecular complexity index is 1150. The normalized spacial score (nSPS) is 19.5. The number of anilines is 1. The molecule has 2 heterocycles. The van der Waals surface area contributed by atoms with E-state index in [-0.39, 0.29) is 23.7 Å². The van der Waals surface area contributed by atoms with Gasteiger partial charge in [0.25, 0.3) is 0 Å². The van der Waals surface area contributed by atoms with Gasteiger partial charge in [-0.1, -0.05) is 48.5 Å². The molecule has 6 heteroatoms. The minimum atomic E-state index is -0.219. The number of amides is 1. The Morgan fingerprint density at radius 2 is 1.83 bits per heavy atom. The van der Waals surface area contributed by atoms with Crippen LogP contribution in [0.2, 0.25) is 0 Å². The highest BCUT2D eigenvalue weighted by Crippen LogP contribution is 2.38. The van der Waals surface area contributed by atoms with E-state index in [9.17, 15) is 9.18 Å². The van der Waals surface area contributed by atoms with Crippen molar-refractivity contribution in [3.05, 3.63) is 95.3 Å². The van der Waals surface area contributed by atoms with Crippen molar-refractivity contribution in [1.82, 2.24) is 10.2 Å². The Balaban J connectivity index is 1.33. The highest BCUT2D eigenvalue weighted by molar-refractivity contribution is 5.82. The molecule has 2 aliphatic rings. The van der Waals surface area contributed by atoms with Crippen molar-refractivity contribution >= 4 is 11.6 Å². The first-order valence-electron chi connectivity index (χ1n) is 12.3. The summed E-state index contributed by atoms with van der Waals surface area (Å²) < 4.78 is 18.9. The Hall–Kier alpha value is -3.38. The lowest BCUT2D eigenvalue weighted by Crippen LogP contribution is -2.61. The van der Waals surface area contributed by atoms with Crippen LogP contribution in [0.3, 0.4) is 0 Å². The van der Waals surface area contributed by atoms with Crippen LogP contribution in [-0.2, 0) is 24.2 Å². The number of hydrogen-bond donors (Lipinski definition) is 1. The molecule has 1 N–H and O–H groups in total. The summed E-state index contributed by atoms with van der Waals surface area (Å²) in [7, 11) is 1.69. The molecule has 2 aliphatic heterocycles. The molecular formula is C29H32FN3O2. The zero-order valence-electron chi connectivity index (χ0n) is 20.1. The van der Waals surface area contributed by atoms with Crippen molar-refractivity contribution in [2.45, 2.75) is 25.4 Å². The largest absolute Gasteiger partial charge is 0.497 e. The summed E-state index contributed by atoms with van der Waals surface area (Å²) in [5.74, 6) is 0.592. The molecule has 1 amide bonds. The second kappa shape index (κ2) is 10.5. The van der Waals surface area contributed by atoms with Crippen molar-refractivity contribution in [3.63, 3.8) is 0 Å². The predicted octanol–water partition coefficient (Wildman–Crippen LogP) is 4.06. The highest BCUT2D eigenvalue weighted by Gasteiger charge is 2.41. The molecule has 5 rings (SSSR count). The van der Waals surface area contributed by atoms with Crippen LogP contribution in [0.15, 0.2) is 72.8 Å². The number of fused-ring (bicyclic) bond motifs is 3. The van der Waals surface area contributed by atoms with E-state index in [1.165, 1.54) is 28.9 Å². The van der Waals surface area contributed by atoms with E-state index in [0.29, 0.717) is 13.0 Å². The van der Waals surface area contributed by atoms with Crippen molar-refractivity contribution in [2.75, 3.05) is 38.2 Å². The predicted molar refractivity (Wildman–Crippen MR) is 136 cm³/mol. The summed E-state index contributed by atoms with van der Waals surface area (Å²) in [6, 6.07) is 23.2. The lowest BCUT2D eigenvalue weighted by Gasteiger charge is -2.49. The molecule has 0 saturated carbocycles. The van der Waals surface area contributed by atoms with E-state index in [4.69, 9.17) is 4.74 Å². The first-order chi connectivity index (χ1) is 17.1. The summed E-state index contributed by atoms with van der Waals surface area (Å²) >= 11 is 0. The first kappa shape index (κ1) is 23.4. The molecule has 0 radical (unpaired) electrons. The summed E-state index contributed by atoms with van der Waals surface area (Å²) in [4.78, 5) is 18.2. The molecule has 5 nitrogen and oxygen atoms in total. The lowest BCUT2D eigenvalue weighted by molar-refractivity contribution is -0.126. The lowest BCUT2D eigenvalue weighted by atomic mass is 9.83. The Labute approximate surface area is 206 Å². The highest BCUT2D eigenvalue weighted by atomic mass is 19.1. The van der Waals surface area contributed by atoms with E-state index in [1.54, 1.807) is 7.11 Å². The van der Waals surface area contributed by atoms with Crippen molar-refractivity contribution < 1.29 is 13.9 Å².